The fourth-order valence-corrected chi connectivity index (χ4v) is 5.30. The Morgan fingerprint density at radius 2 is 2.16 bits per heavy atom. The minimum absolute atomic E-state index is 0.120. The quantitative estimate of drug-likeness (QED) is 0.512. The number of carbonyl (C=O) groups is 1. The van der Waals surface area contributed by atoms with Crippen LogP contribution in [0.25, 0.3) is 16.8 Å². The lowest BCUT2D eigenvalue weighted by molar-refractivity contribution is -0.0912. The largest absolute Gasteiger partial charge is 0.423 e. The molecule has 3 aromatic heterocycles. The van der Waals surface area contributed by atoms with E-state index in [1.165, 1.54) is 0 Å². The van der Waals surface area contributed by atoms with Crippen LogP contribution in [0.3, 0.4) is 0 Å². The first-order valence-electron chi connectivity index (χ1n) is 11.0. The standard InChI is InChI=1S/C24H24N6O2/c1-15-7-8-18(11-20(15)17-13-25-21-6-4-10-29(21)14-17)26-23(31)30-19-5-3-9-24(30,12-19)22-28-27-16(2)32-22/h4,6-8,10-11,13-14,19H,3,5,9,12H2,1-2H3,(H,26,31)/t19-,24+/m1/s1. The van der Waals surface area contributed by atoms with Gasteiger partial charge in [-0.25, -0.2) is 9.78 Å². The van der Waals surface area contributed by atoms with E-state index in [1.54, 1.807) is 6.92 Å². The number of fused-ring (bicyclic) bond motifs is 3. The molecule has 8 nitrogen and oxygen atoms in total. The van der Waals surface area contributed by atoms with E-state index in [0.29, 0.717) is 11.8 Å². The third kappa shape index (κ3) is 2.82. The maximum atomic E-state index is 13.4. The van der Waals surface area contributed by atoms with Crippen molar-refractivity contribution in [3.05, 3.63) is 66.3 Å². The number of urea groups is 1. The molecule has 2 amide bonds. The van der Waals surface area contributed by atoms with Crippen molar-refractivity contribution in [3.63, 3.8) is 0 Å². The Morgan fingerprint density at radius 3 is 2.97 bits per heavy atom. The molecule has 1 saturated heterocycles. The Bertz CT molecular complexity index is 1340. The number of aromatic nitrogens is 4. The summed E-state index contributed by atoms with van der Waals surface area (Å²) >= 11 is 0. The summed E-state index contributed by atoms with van der Waals surface area (Å²) in [4.78, 5) is 19.8. The van der Waals surface area contributed by atoms with E-state index in [2.05, 4.69) is 33.6 Å². The zero-order valence-corrected chi connectivity index (χ0v) is 18.1. The van der Waals surface area contributed by atoms with Crippen molar-refractivity contribution in [1.82, 2.24) is 24.5 Å². The summed E-state index contributed by atoms with van der Waals surface area (Å²) in [7, 11) is 0. The molecule has 8 heteroatoms. The van der Waals surface area contributed by atoms with E-state index >= 15 is 0 Å². The van der Waals surface area contributed by atoms with Gasteiger partial charge in [0.15, 0.2) is 0 Å². The van der Waals surface area contributed by atoms with Crippen molar-refractivity contribution in [2.24, 2.45) is 0 Å². The summed E-state index contributed by atoms with van der Waals surface area (Å²) in [5.74, 6) is 1.08. The number of rotatable bonds is 3. The van der Waals surface area contributed by atoms with Crippen molar-refractivity contribution < 1.29 is 9.21 Å². The molecular weight excluding hydrogens is 404 g/mol. The number of piperidine rings is 1. The maximum absolute atomic E-state index is 13.4. The molecule has 2 atom stereocenters. The summed E-state index contributed by atoms with van der Waals surface area (Å²) in [5, 5.41) is 11.4. The molecule has 6 rings (SSSR count). The van der Waals surface area contributed by atoms with Gasteiger partial charge in [-0.15, -0.1) is 10.2 Å². The SMILES string of the molecule is Cc1nnc([C@]23CCC[C@H](C2)N3C(=O)Nc2ccc(C)c(-c3cnc4cccn4c3)c2)o1. The van der Waals surface area contributed by atoms with Gasteiger partial charge in [0.05, 0.1) is 0 Å². The molecular formula is C24H24N6O2. The van der Waals surface area contributed by atoms with Crippen LogP contribution in [0.1, 0.15) is 43.0 Å². The van der Waals surface area contributed by atoms with Gasteiger partial charge in [-0.2, -0.15) is 0 Å². The van der Waals surface area contributed by atoms with Crippen LogP contribution in [-0.4, -0.2) is 36.6 Å². The molecule has 1 saturated carbocycles. The third-order valence-corrected chi connectivity index (χ3v) is 6.84. The number of amides is 2. The minimum atomic E-state index is -0.481. The van der Waals surface area contributed by atoms with Crippen molar-refractivity contribution in [2.75, 3.05) is 5.32 Å². The number of likely N-dealkylation sites (tertiary alicyclic amines) is 1. The summed E-state index contributed by atoms with van der Waals surface area (Å²) < 4.78 is 7.76. The Labute approximate surface area is 185 Å². The van der Waals surface area contributed by atoms with E-state index in [1.807, 2.05) is 52.0 Å². The average Bonchev–Trinajstić information content (AvgIpc) is 3.43. The first-order valence-corrected chi connectivity index (χ1v) is 11.0. The highest BCUT2D eigenvalue weighted by Gasteiger charge is 2.60. The minimum Gasteiger partial charge on any atom is -0.423 e. The zero-order valence-electron chi connectivity index (χ0n) is 18.1. The monoisotopic (exact) mass is 428 g/mol. The lowest BCUT2D eigenvalue weighted by Crippen LogP contribution is -2.69. The Hall–Kier alpha value is -3.68. The molecule has 2 aliphatic rings. The van der Waals surface area contributed by atoms with Gasteiger partial charge < -0.3 is 19.0 Å². The van der Waals surface area contributed by atoms with Crippen molar-refractivity contribution in [2.45, 2.75) is 51.1 Å². The highest BCUT2D eigenvalue weighted by molar-refractivity contribution is 5.92. The molecule has 162 valence electrons. The van der Waals surface area contributed by atoms with Gasteiger partial charge in [0, 0.05) is 49.2 Å². The summed E-state index contributed by atoms with van der Waals surface area (Å²) in [6, 6.07) is 10.0. The topological polar surface area (TPSA) is 88.6 Å². The summed E-state index contributed by atoms with van der Waals surface area (Å²) in [6.45, 7) is 3.85. The molecule has 2 fully saturated rings. The average molecular weight is 428 g/mol. The highest BCUT2D eigenvalue weighted by atomic mass is 16.4. The normalized spacial score (nSPS) is 22.1. The van der Waals surface area contributed by atoms with Crippen molar-refractivity contribution in [3.8, 4) is 11.1 Å². The second kappa shape index (κ2) is 6.91. The molecule has 1 N–H and O–H groups in total. The fourth-order valence-electron chi connectivity index (χ4n) is 5.30. The van der Waals surface area contributed by atoms with Gasteiger partial charge in [0.25, 0.3) is 0 Å². The summed E-state index contributed by atoms with van der Waals surface area (Å²) in [6.07, 6.45) is 9.69. The number of aryl methyl sites for hydroxylation is 2. The van der Waals surface area contributed by atoms with Crippen LogP contribution in [0, 0.1) is 13.8 Å². The molecule has 1 aliphatic carbocycles. The zero-order chi connectivity index (χ0) is 21.9. The van der Waals surface area contributed by atoms with Gasteiger partial charge in [0.1, 0.15) is 11.2 Å². The number of carbonyl (C=O) groups excluding carboxylic acids is 1. The van der Waals surface area contributed by atoms with Crippen LogP contribution in [0.4, 0.5) is 10.5 Å². The van der Waals surface area contributed by atoms with Crippen LogP contribution in [0.2, 0.25) is 0 Å². The third-order valence-electron chi connectivity index (χ3n) is 6.84. The Morgan fingerprint density at radius 1 is 1.25 bits per heavy atom. The Kier molecular flexibility index (Phi) is 4.11. The van der Waals surface area contributed by atoms with Crippen LogP contribution >= 0.6 is 0 Å². The molecule has 4 aromatic rings. The first kappa shape index (κ1) is 19.0. The highest BCUT2D eigenvalue weighted by Crippen LogP contribution is 2.53. The van der Waals surface area contributed by atoms with E-state index in [9.17, 15) is 4.79 Å². The van der Waals surface area contributed by atoms with Crippen molar-refractivity contribution >= 4 is 17.4 Å². The number of hydrogen-bond acceptors (Lipinski definition) is 5. The van der Waals surface area contributed by atoms with Crippen LogP contribution in [0.5, 0.6) is 0 Å². The number of nitrogens with zero attached hydrogens (tertiary/aromatic N) is 5. The molecule has 0 unspecified atom stereocenters. The van der Waals surface area contributed by atoms with Crippen molar-refractivity contribution in [1.29, 1.82) is 0 Å². The number of nitrogens with one attached hydrogen (secondary N) is 1. The lowest BCUT2D eigenvalue weighted by atomic mass is 9.68. The fraction of sp³-hybridized carbons (Fsp3) is 0.333. The maximum Gasteiger partial charge on any atom is 0.322 e. The van der Waals surface area contributed by atoms with Gasteiger partial charge in [-0.3, -0.25) is 0 Å². The molecule has 32 heavy (non-hydrogen) atoms. The van der Waals surface area contributed by atoms with Gasteiger partial charge in [0.2, 0.25) is 11.8 Å². The van der Waals surface area contributed by atoms with E-state index < -0.39 is 5.54 Å². The molecule has 1 aromatic carbocycles. The predicted octanol–water partition coefficient (Wildman–Crippen LogP) is 4.69. The Balaban J connectivity index is 1.29. The lowest BCUT2D eigenvalue weighted by Gasteiger charge is -2.59. The molecule has 0 spiro atoms. The summed E-state index contributed by atoms with van der Waals surface area (Å²) in [5.41, 5.74) is 4.34. The molecule has 2 bridgehead atoms. The van der Waals surface area contributed by atoms with E-state index in [-0.39, 0.29) is 12.1 Å². The first-order chi connectivity index (χ1) is 15.5. The molecule has 4 heterocycles. The number of benzene rings is 1. The van der Waals surface area contributed by atoms with Gasteiger partial charge >= 0.3 is 6.03 Å². The van der Waals surface area contributed by atoms with Gasteiger partial charge in [-0.05, 0) is 61.6 Å². The van der Waals surface area contributed by atoms with Crippen LogP contribution in [-0.2, 0) is 5.54 Å². The van der Waals surface area contributed by atoms with Crippen LogP contribution in [0.15, 0.2) is 53.3 Å². The van der Waals surface area contributed by atoms with E-state index in [4.69, 9.17) is 4.42 Å². The second-order valence-corrected chi connectivity index (χ2v) is 8.85. The molecule has 0 radical (unpaired) electrons. The predicted molar refractivity (Wildman–Crippen MR) is 119 cm³/mol. The number of hydrogen-bond donors (Lipinski definition) is 1. The van der Waals surface area contributed by atoms with Gasteiger partial charge in [-0.1, -0.05) is 6.07 Å². The van der Waals surface area contributed by atoms with E-state index in [0.717, 1.165) is 53.7 Å². The smallest absolute Gasteiger partial charge is 0.322 e. The number of anilines is 1. The second-order valence-electron chi connectivity index (χ2n) is 8.85. The van der Waals surface area contributed by atoms with Crippen LogP contribution < -0.4 is 5.32 Å². The molecule has 1 aliphatic heterocycles.